The van der Waals surface area contributed by atoms with Crippen molar-refractivity contribution < 1.29 is 17.9 Å². The van der Waals surface area contributed by atoms with Gasteiger partial charge in [-0.2, -0.15) is 0 Å². The minimum Gasteiger partial charge on any atom is -0.497 e. The molecule has 0 aromatic heterocycles. The quantitative estimate of drug-likeness (QED) is 0.809. The predicted molar refractivity (Wildman–Crippen MR) is 102 cm³/mol. The lowest BCUT2D eigenvalue weighted by Crippen LogP contribution is -2.31. The number of ether oxygens (including phenoxy) is 1. The fourth-order valence-electron chi connectivity index (χ4n) is 2.81. The fraction of sp³-hybridized carbons (Fsp3) is 0.316. The number of methoxy groups -OCH3 is 1. The second-order valence-electron chi connectivity index (χ2n) is 6.41. The third-order valence-corrected chi connectivity index (χ3v) is 5.39. The van der Waals surface area contributed by atoms with Gasteiger partial charge in [0.1, 0.15) is 5.75 Å². The van der Waals surface area contributed by atoms with Crippen LogP contribution in [0.1, 0.15) is 18.4 Å². The van der Waals surface area contributed by atoms with E-state index < -0.39 is 10.0 Å². The zero-order chi connectivity index (χ0) is 18.7. The van der Waals surface area contributed by atoms with E-state index in [-0.39, 0.29) is 18.4 Å². The molecular weight excluding hydrogens is 352 g/mol. The number of carbonyl (C=O) groups excluding carboxylic acids is 1. The number of hydrogen-bond donors (Lipinski definition) is 1. The van der Waals surface area contributed by atoms with E-state index in [1.807, 2.05) is 24.3 Å². The molecule has 0 atom stereocenters. The van der Waals surface area contributed by atoms with Gasteiger partial charge in [-0.25, -0.2) is 8.42 Å². The number of benzene rings is 2. The summed E-state index contributed by atoms with van der Waals surface area (Å²) in [6.45, 7) is 0. The maximum atomic E-state index is 12.2. The van der Waals surface area contributed by atoms with Gasteiger partial charge < -0.3 is 10.1 Å². The number of nitrogens with zero attached hydrogens (tertiary/aromatic N) is 1. The van der Waals surface area contributed by atoms with Gasteiger partial charge in [-0.05, 0) is 54.8 Å². The lowest BCUT2D eigenvalue weighted by atomic mass is 10.1. The molecule has 0 saturated heterocycles. The number of carbonyl (C=O) groups is 1. The summed E-state index contributed by atoms with van der Waals surface area (Å²) < 4.78 is 30.5. The third kappa shape index (κ3) is 4.54. The molecule has 0 unspecified atom stereocenters. The predicted octanol–water partition coefficient (Wildman–Crippen LogP) is 2.80. The van der Waals surface area contributed by atoms with Gasteiger partial charge in [-0.15, -0.1) is 0 Å². The summed E-state index contributed by atoms with van der Waals surface area (Å²) in [6, 6.07) is 14.3. The molecule has 0 aliphatic heterocycles. The fourth-order valence-corrected chi connectivity index (χ4v) is 4.06. The molecule has 1 saturated carbocycles. The lowest BCUT2D eigenvalue weighted by molar-refractivity contribution is -0.115. The zero-order valence-electron chi connectivity index (χ0n) is 14.8. The summed E-state index contributed by atoms with van der Waals surface area (Å²) in [7, 11) is -1.70. The van der Waals surface area contributed by atoms with Crippen LogP contribution in [-0.4, -0.2) is 33.7 Å². The van der Waals surface area contributed by atoms with Crippen molar-refractivity contribution in [3.63, 3.8) is 0 Å². The van der Waals surface area contributed by atoms with E-state index in [0.717, 1.165) is 24.2 Å². The van der Waals surface area contributed by atoms with Crippen LogP contribution in [0.25, 0.3) is 0 Å². The van der Waals surface area contributed by atoms with Crippen molar-refractivity contribution in [3.8, 4) is 5.75 Å². The first-order chi connectivity index (χ1) is 12.4. The van der Waals surface area contributed by atoms with Gasteiger partial charge in [0.25, 0.3) is 0 Å². The van der Waals surface area contributed by atoms with E-state index in [1.165, 1.54) is 10.6 Å². The van der Waals surface area contributed by atoms with Crippen LogP contribution in [0.3, 0.4) is 0 Å². The van der Waals surface area contributed by atoms with E-state index >= 15 is 0 Å². The number of anilines is 2. The van der Waals surface area contributed by atoms with Crippen molar-refractivity contribution in [1.82, 2.24) is 0 Å². The second kappa shape index (κ2) is 7.37. The zero-order valence-corrected chi connectivity index (χ0v) is 15.6. The Labute approximate surface area is 153 Å². The smallest absolute Gasteiger partial charge is 0.232 e. The SMILES string of the molecule is COc1ccc(CC(=O)Nc2ccc(N(C3CC3)S(C)(=O)=O)cc2)cc1. The highest BCUT2D eigenvalue weighted by Gasteiger charge is 2.35. The first kappa shape index (κ1) is 18.3. The Morgan fingerprint density at radius 1 is 1.12 bits per heavy atom. The van der Waals surface area contributed by atoms with Gasteiger partial charge in [0, 0.05) is 11.7 Å². The molecule has 138 valence electrons. The minimum atomic E-state index is -3.30. The van der Waals surface area contributed by atoms with E-state index in [2.05, 4.69) is 5.32 Å². The van der Waals surface area contributed by atoms with Crippen LogP contribution in [0, 0.1) is 0 Å². The third-order valence-electron chi connectivity index (χ3n) is 4.17. The summed E-state index contributed by atoms with van der Waals surface area (Å²) in [6.07, 6.45) is 3.24. The molecule has 3 rings (SSSR count). The highest BCUT2D eigenvalue weighted by molar-refractivity contribution is 7.92. The molecule has 2 aromatic rings. The van der Waals surface area contributed by atoms with Gasteiger partial charge in [0.15, 0.2) is 0 Å². The Morgan fingerprint density at radius 3 is 2.23 bits per heavy atom. The Balaban J connectivity index is 1.64. The molecule has 6 nitrogen and oxygen atoms in total. The molecule has 1 aliphatic carbocycles. The number of hydrogen-bond acceptors (Lipinski definition) is 4. The Morgan fingerprint density at radius 2 is 1.73 bits per heavy atom. The molecule has 2 aromatic carbocycles. The average molecular weight is 374 g/mol. The van der Waals surface area contributed by atoms with E-state index in [1.54, 1.807) is 31.4 Å². The summed E-state index contributed by atoms with van der Waals surface area (Å²) in [4.78, 5) is 12.2. The van der Waals surface area contributed by atoms with Gasteiger partial charge in [0.2, 0.25) is 15.9 Å². The maximum Gasteiger partial charge on any atom is 0.232 e. The van der Waals surface area contributed by atoms with Crippen molar-refractivity contribution in [2.45, 2.75) is 25.3 Å². The highest BCUT2D eigenvalue weighted by atomic mass is 32.2. The minimum absolute atomic E-state index is 0.0560. The molecular formula is C19H22N2O4S. The number of amides is 1. The molecule has 1 fully saturated rings. The Kier molecular flexibility index (Phi) is 5.18. The largest absolute Gasteiger partial charge is 0.497 e. The Hall–Kier alpha value is -2.54. The molecule has 0 bridgehead atoms. The monoisotopic (exact) mass is 374 g/mol. The lowest BCUT2D eigenvalue weighted by Gasteiger charge is -2.22. The van der Waals surface area contributed by atoms with Gasteiger partial charge >= 0.3 is 0 Å². The Bertz CT molecular complexity index is 873. The number of nitrogens with one attached hydrogen (secondary N) is 1. The van der Waals surface area contributed by atoms with Crippen molar-refractivity contribution >= 4 is 27.3 Å². The number of sulfonamides is 1. The van der Waals surface area contributed by atoms with Crippen molar-refractivity contribution in [1.29, 1.82) is 0 Å². The van der Waals surface area contributed by atoms with Crippen molar-refractivity contribution in [2.75, 3.05) is 23.0 Å². The molecule has 1 amide bonds. The van der Waals surface area contributed by atoms with Gasteiger partial charge in [-0.1, -0.05) is 12.1 Å². The summed E-state index contributed by atoms with van der Waals surface area (Å²) >= 11 is 0. The van der Waals surface area contributed by atoms with Crippen LogP contribution < -0.4 is 14.4 Å². The van der Waals surface area contributed by atoms with Crippen LogP contribution in [0.5, 0.6) is 5.75 Å². The molecule has 0 radical (unpaired) electrons. The van der Waals surface area contributed by atoms with Gasteiger partial charge in [0.05, 0.1) is 25.5 Å². The average Bonchev–Trinajstić information content (AvgIpc) is 3.41. The van der Waals surface area contributed by atoms with E-state index in [0.29, 0.717) is 11.4 Å². The normalized spacial score (nSPS) is 13.9. The van der Waals surface area contributed by atoms with E-state index in [4.69, 9.17) is 4.74 Å². The number of rotatable bonds is 7. The molecule has 0 spiro atoms. The second-order valence-corrected chi connectivity index (χ2v) is 8.27. The van der Waals surface area contributed by atoms with Crippen LogP contribution in [0.15, 0.2) is 48.5 Å². The standard InChI is InChI=1S/C19H22N2O4S/c1-25-18-11-3-14(4-12-18)13-19(22)20-15-5-7-16(8-6-15)21(17-9-10-17)26(2,23)24/h3-8,11-12,17H,9-10,13H2,1-2H3,(H,20,22). The molecule has 26 heavy (non-hydrogen) atoms. The van der Waals surface area contributed by atoms with E-state index in [9.17, 15) is 13.2 Å². The maximum absolute atomic E-state index is 12.2. The molecule has 1 aliphatic rings. The molecule has 7 heteroatoms. The van der Waals surface area contributed by atoms with Crippen LogP contribution in [0.4, 0.5) is 11.4 Å². The molecule has 1 N–H and O–H groups in total. The first-order valence-electron chi connectivity index (χ1n) is 8.39. The van der Waals surface area contributed by atoms with Crippen LogP contribution in [-0.2, 0) is 21.2 Å². The first-order valence-corrected chi connectivity index (χ1v) is 10.2. The van der Waals surface area contributed by atoms with Gasteiger partial charge in [-0.3, -0.25) is 9.10 Å². The van der Waals surface area contributed by atoms with Crippen molar-refractivity contribution in [3.05, 3.63) is 54.1 Å². The highest BCUT2D eigenvalue weighted by Crippen LogP contribution is 2.34. The summed E-state index contributed by atoms with van der Waals surface area (Å²) in [5.41, 5.74) is 2.15. The molecule has 0 heterocycles. The van der Waals surface area contributed by atoms with Crippen LogP contribution in [0.2, 0.25) is 0 Å². The topological polar surface area (TPSA) is 75.7 Å². The van der Waals surface area contributed by atoms with Crippen molar-refractivity contribution in [2.24, 2.45) is 0 Å². The summed E-state index contributed by atoms with van der Waals surface area (Å²) in [5.74, 6) is 0.612. The summed E-state index contributed by atoms with van der Waals surface area (Å²) in [5, 5.41) is 2.83. The van der Waals surface area contributed by atoms with Crippen LogP contribution >= 0.6 is 0 Å².